The molecule has 3 aromatic rings. The molecule has 2 atom stereocenters. The minimum atomic E-state index is -0.741. The molecule has 0 fully saturated rings. The van der Waals surface area contributed by atoms with E-state index >= 15 is 0 Å². The first kappa shape index (κ1) is 22.3. The molecule has 0 spiro atoms. The van der Waals surface area contributed by atoms with E-state index in [1.807, 2.05) is 24.3 Å². The molecule has 0 aliphatic carbocycles. The SMILES string of the molecule is CC(CC(Cc1ccc(Br)cc1)N(Cc1ccccc1)Cc1ccccc1)C(=O)O. The van der Waals surface area contributed by atoms with Crippen LogP contribution in [0.5, 0.6) is 0 Å². The lowest BCUT2D eigenvalue weighted by Crippen LogP contribution is -2.38. The highest BCUT2D eigenvalue weighted by atomic mass is 79.9. The quantitative estimate of drug-likeness (QED) is 0.388. The van der Waals surface area contributed by atoms with Crippen molar-refractivity contribution in [3.8, 4) is 0 Å². The average Bonchev–Trinajstić information content (AvgIpc) is 2.75. The Bertz CT molecular complexity index is 871. The van der Waals surface area contributed by atoms with Crippen molar-refractivity contribution in [1.29, 1.82) is 0 Å². The molecule has 4 heteroatoms. The lowest BCUT2D eigenvalue weighted by molar-refractivity contribution is -0.141. The Hall–Kier alpha value is -2.43. The summed E-state index contributed by atoms with van der Waals surface area (Å²) in [6.07, 6.45) is 1.41. The second-order valence-corrected chi connectivity index (χ2v) is 8.75. The predicted molar refractivity (Wildman–Crippen MR) is 125 cm³/mol. The van der Waals surface area contributed by atoms with Crippen LogP contribution in [-0.4, -0.2) is 22.0 Å². The number of aliphatic carboxylic acids is 1. The number of nitrogens with zero attached hydrogens (tertiary/aromatic N) is 1. The first-order valence-electron chi connectivity index (χ1n) is 10.3. The Morgan fingerprint density at radius 1 is 0.833 bits per heavy atom. The van der Waals surface area contributed by atoms with Crippen LogP contribution in [-0.2, 0) is 24.3 Å². The molecule has 3 aromatic carbocycles. The van der Waals surface area contributed by atoms with Crippen molar-refractivity contribution in [1.82, 2.24) is 4.90 Å². The van der Waals surface area contributed by atoms with Crippen molar-refractivity contribution in [2.45, 2.75) is 38.9 Å². The highest BCUT2D eigenvalue weighted by molar-refractivity contribution is 9.10. The van der Waals surface area contributed by atoms with Crippen LogP contribution in [0.25, 0.3) is 0 Å². The maximum absolute atomic E-state index is 11.6. The molecule has 0 aliphatic heterocycles. The molecule has 0 saturated carbocycles. The lowest BCUT2D eigenvalue weighted by atomic mass is 9.94. The molecule has 0 amide bonds. The molecule has 3 rings (SSSR count). The fourth-order valence-corrected chi connectivity index (χ4v) is 3.98. The summed E-state index contributed by atoms with van der Waals surface area (Å²) in [6, 6.07) is 29.2. The van der Waals surface area contributed by atoms with Crippen LogP contribution in [0.2, 0.25) is 0 Å². The van der Waals surface area contributed by atoms with Gasteiger partial charge in [0.2, 0.25) is 0 Å². The van der Waals surface area contributed by atoms with Gasteiger partial charge in [0, 0.05) is 23.6 Å². The molecule has 156 valence electrons. The summed E-state index contributed by atoms with van der Waals surface area (Å²) >= 11 is 3.50. The summed E-state index contributed by atoms with van der Waals surface area (Å²) in [6.45, 7) is 3.37. The van der Waals surface area contributed by atoms with Gasteiger partial charge in [-0.15, -0.1) is 0 Å². The Labute approximate surface area is 187 Å². The van der Waals surface area contributed by atoms with E-state index in [0.29, 0.717) is 6.42 Å². The van der Waals surface area contributed by atoms with Crippen molar-refractivity contribution in [2.24, 2.45) is 5.92 Å². The van der Waals surface area contributed by atoms with Crippen LogP contribution in [0.1, 0.15) is 30.0 Å². The van der Waals surface area contributed by atoms with Gasteiger partial charge in [-0.05, 0) is 41.7 Å². The van der Waals surface area contributed by atoms with E-state index in [0.717, 1.165) is 24.0 Å². The van der Waals surface area contributed by atoms with Crippen LogP contribution >= 0.6 is 15.9 Å². The molecule has 0 bridgehead atoms. The molecule has 0 heterocycles. The number of carboxylic acids is 1. The fourth-order valence-electron chi connectivity index (χ4n) is 3.71. The third-order valence-corrected chi connectivity index (χ3v) is 5.93. The van der Waals surface area contributed by atoms with E-state index in [9.17, 15) is 9.90 Å². The van der Waals surface area contributed by atoms with Crippen molar-refractivity contribution >= 4 is 21.9 Å². The molecule has 0 radical (unpaired) electrons. The number of hydrogen-bond acceptors (Lipinski definition) is 2. The van der Waals surface area contributed by atoms with Crippen LogP contribution in [0.15, 0.2) is 89.4 Å². The Morgan fingerprint density at radius 2 is 1.33 bits per heavy atom. The van der Waals surface area contributed by atoms with Gasteiger partial charge in [-0.1, -0.05) is 95.7 Å². The number of carboxylic acid groups (broad SMARTS) is 1. The molecule has 0 aromatic heterocycles. The topological polar surface area (TPSA) is 40.5 Å². The maximum atomic E-state index is 11.6. The monoisotopic (exact) mass is 465 g/mol. The normalized spacial score (nSPS) is 13.2. The van der Waals surface area contributed by atoms with Gasteiger partial charge >= 0.3 is 5.97 Å². The minimum absolute atomic E-state index is 0.109. The van der Waals surface area contributed by atoms with E-state index in [-0.39, 0.29) is 6.04 Å². The zero-order valence-electron chi connectivity index (χ0n) is 17.2. The number of carbonyl (C=O) groups is 1. The largest absolute Gasteiger partial charge is 0.481 e. The van der Waals surface area contributed by atoms with Crippen LogP contribution in [0, 0.1) is 5.92 Å². The number of benzene rings is 3. The van der Waals surface area contributed by atoms with E-state index in [1.54, 1.807) is 6.92 Å². The Morgan fingerprint density at radius 3 is 1.80 bits per heavy atom. The summed E-state index contributed by atoms with van der Waals surface area (Å²) < 4.78 is 1.05. The van der Waals surface area contributed by atoms with Crippen LogP contribution in [0.3, 0.4) is 0 Å². The zero-order valence-corrected chi connectivity index (χ0v) is 18.8. The van der Waals surface area contributed by atoms with E-state index < -0.39 is 11.9 Å². The van der Waals surface area contributed by atoms with Crippen LogP contribution in [0.4, 0.5) is 0 Å². The van der Waals surface area contributed by atoms with Crippen molar-refractivity contribution < 1.29 is 9.90 Å². The second kappa shape index (κ2) is 11.1. The smallest absolute Gasteiger partial charge is 0.306 e. The van der Waals surface area contributed by atoms with Gasteiger partial charge in [-0.2, -0.15) is 0 Å². The molecule has 1 N–H and O–H groups in total. The molecular weight excluding hydrogens is 438 g/mol. The number of rotatable bonds is 10. The predicted octanol–water partition coefficient (Wildman–Crippen LogP) is 6.17. The summed E-state index contributed by atoms with van der Waals surface area (Å²) in [5, 5.41) is 9.57. The van der Waals surface area contributed by atoms with Crippen molar-refractivity contribution in [3.05, 3.63) is 106 Å². The number of hydrogen-bond donors (Lipinski definition) is 1. The van der Waals surface area contributed by atoms with Gasteiger partial charge < -0.3 is 5.11 Å². The summed E-state index contributed by atoms with van der Waals surface area (Å²) in [4.78, 5) is 14.1. The van der Waals surface area contributed by atoms with Gasteiger partial charge in [-0.3, -0.25) is 9.69 Å². The Kier molecular flexibility index (Phi) is 8.23. The summed E-state index contributed by atoms with van der Waals surface area (Å²) in [5.74, 6) is -1.14. The molecule has 2 unspecified atom stereocenters. The molecular formula is C26H28BrNO2. The zero-order chi connectivity index (χ0) is 21.3. The minimum Gasteiger partial charge on any atom is -0.481 e. The van der Waals surface area contributed by atoms with Crippen molar-refractivity contribution in [3.63, 3.8) is 0 Å². The third kappa shape index (κ3) is 6.82. The van der Waals surface area contributed by atoms with Gasteiger partial charge in [0.25, 0.3) is 0 Å². The van der Waals surface area contributed by atoms with Gasteiger partial charge in [0.15, 0.2) is 0 Å². The van der Waals surface area contributed by atoms with Gasteiger partial charge in [0.1, 0.15) is 0 Å². The molecule has 3 nitrogen and oxygen atoms in total. The third-order valence-electron chi connectivity index (χ3n) is 5.41. The maximum Gasteiger partial charge on any atom is 0.306 e. The van der Waals surface area contributed by atoms with Crippen molar-refractivity contribution in [2.75, 3.05) is 0 Å². The first-order chi connectivity index (χ1) is 14.5. The van der Waals surface area contributed by atoms with Gasteiger partial charge in [-0.25, -0.2) is 0 Å². The van der Waals surface area contributed by atoms with Gasteiger partial charge in [0.05, 0.1) is 5.92 Å². The highest BCUT2D eigenvalue weighted by Gasteiger charge is 2.25. The Balaban J connectivity index is 1.90. The van der Waals surface area contributed by atoms with E-state index in [4.69, 9.17) is 0 Å². The molecule has 30 heavy (non-hydrogen) atoms. The highest BCUT2D eigenvalue weighted by Crippen LogP contribution is 2.23. The number of halogens is 1. The van der Waals surface area contributed by atoms with Crippen LogP contribution < -0.4 is 0 Å². The summed E-state index contributed by atoms with van der Waals surface area (Å²) in [7, 11) is 0. The molecule has 0 aliphatic rings. The molecule has 0 saturated heterocycles. The fraction of sp³-hybridized carbons (Fsp3) is 0.269. The first-order valence-corrected chi connectivity index (χ1v) is 11.1. The average molecular weight is 466 g/mol. The van der Waals surface area contributed by atoms with E-state index in [2.05, 4.69) is 81.5 Å². The second-order valence-electron chi connectivity index (χ2n) is 7.84. The van der Waals surface area contributed by atoms with E-state index in [1.165, 1.54) is 16.7 Å². The summed E-state index contributed by atoms with van der Waals surface area (Å²) in [5.41, 5.74) is 3.68. The lowest BCUT2D eigenvalue weighted by Gasteiger charge is -2.33. The standard InChI is InChI=1S/C26H28BrNO2/c1-20(26(29)30)16-25(17-21-12-14-24(27)15-13-21)28(18-22-8-4-2-5-9-22)19-23-10-6-3-7-11-23/h2-15,20,25H,16-19H2,1H3,(H,29,30).